The number of nitro groups is 1. The van der Waals surface area contributed by atoms with Crippen LogP contribution in [0.3, 0.4) is 0 Å². The molecule has 0 spiro atoms. The third-order valence-corrected chi connectivity index (χ3v) is 2.82. The number of anilines is 1. The summed E-state index contributed by atoms with van der Waals surface area (Å²) in [5.41, 5.74) is 0.592. The van der Waals surface area contributed by atoms with Gasteiger partial charge in [0.15, 0.2) is 0 Å². The van der Waals surface area contributed by atoms with Crippen molar-refractivity contribution in [1.82, 2.24) is 9.78 Å². The maximum absolute atomic E-state index is 11.1. The monoisotopic (exact) mass is 284 g/mol. The molecule has 1 N–H and O–H groups in total. The SMILES string of the molecule is CCc1nn(C)c(NCCCOCC(C)C)c1[N+](=O)[O-]. The molecule has 20 heavy (non-hydrogen) atoms. The molecular formula is C13H24N4O3. The van der Waals surface area contributed by atoms with E-state index in [0.29, 0.717) is 37.0 Å². The fourth-order valence-electron chi connectivity index (χ4n) is 1.90. The van der Waals surface area contributed by atoms with Gasteiger partial charge in [0.25, 0.3) is 0 Å². The molecule has 0 aliphatic heterocycles. The van der Waals surface area contributed by atoms with Crippen molar-refractivity contribution in [2.24, 2.45) is 13.0 Å². The van der Waals surface area contributed by atoms with Crippen LogP contribution in [0.4, 0.5) is 11.5 Å². The quantitative estimate of drug-likeness (QED) is 0.427. The van der Waals surface area contributed by atoms with Crippen molar-refractivity contribution in [2.45, 2.75) is 33.6 Å². The minimum Gasteiger partial charge on any atom is -0.381 e. The molecule has 0 bridgehead atoms. The zero-order valence-corrected chi connectivity index (χ0v) is 12.7. The van der Waals surface area contributed by atoms with Crippen molar-refractivity contribution in [3.8, 4) is 0 Å². The fourth-order valence-corrected chi connectivity index (χ4v) is 1.90. The molecule has 0 amide bonds. The Balaban J connectivity index is 2.51. The van der Waals surface area contributed by atoms with Crippen LogP contribution in [-0.4, -0.2) is 34.5 Å². The Morgan fingerprint density at radius 2 is 2.20 bits per heavy atom. The summed E-state index contributed by atoms with van der Waals surface area (Å²) < 4.78 is 7.00. The van der Waals surface area contributed by atoms with Gasteiger partial charge in [0.1, 0.15) is 5.69 Å². The number of ether oxygens (including phenoxy) is 1. The molecule has 0 atom stereocenters. The zero-order valence-electron chi connectivity index (χ0n) is 12.7. The Kier molecular flexibility index (Phi) is 6.44. The van der Waals surface area contributed by atoms with Gasteiger partial charge in [-0.05, 0) is 18.8 Å². The first-order valence-electron chi connectivity index (χ1n) is 6.99. The lowest BCUT2D eigenvalue weighted by atomic mass is 10.2. The molecule has 7 nitrogen and oxygen atoms in total. The highest BCUT2D eigenvalue weighted by molar-refractivity contribution is 5.59. The molecule has 1 aromatic heterocycles. The first-order valence-corrected chi connectivity index (χ1v) is 6.99. The summed E-state index contributed by atoms with van der Waals surface area (Å²) in [6, 6.07) is 0. The predicted molar refractivity (Wildman–Crippen MR) is 78.0 cm³/mol. The van der Waals surface area contributed by atoms with E-state index in [2.05, 4.69) is 24.3 Å². The molecule has 114 valence electrons. The Hall–Kier alpha value is -1.63. The molecule has 0 saturated heterocycles. The van der Waals surface area contributed by atoms with Gasteiger partial charge in [-0.1, -0.05) is 20.8 Å². The number of aromatic nitrogens is 2. The van der Waals surface area contributed by atoms with Gasteiger partial charge < -0.3 is 10.1 Å². The van der Waals surface area contributed by atoms with Crippen molar-refractivity contribution in [1.29, 1.82) is 0 Å². The molecule has 1 aromatic rings. The lowest BCUT2D eigenvalue weighted by Gasteiger charge is -2.08. The van der Waals surface area contributed by atoms with E-state index in [1.54, 1.807) is 7.05 Å². The topological polar surface area (TPSA) is 82.2 Å². The van der Waals surface area contributed by atoms with Gasteiger partial charge in [0, 0.05) is 26.8 Å². The van der Waals surface area contributed by atoms with Crippen molar-refractivity contribution in [2.75, 3.05) is 25.1 Å². The van der Waals surface area contributed by atoms with Gasteiger partial charge in [-0.3, -0.25) is 10.1 Å². The summed E-state index contributed by atoms with van der Waals surface area (Å²) in [6.07, 6.45) is 1.35. The summed E-state index contributed by atoms with van der Waals surface area (Å²) in [7, 11) is 1.71. The highest BCUT2D eigenvalue weighted by Gasteiger charge is 2.24. The minimum absolute atomic E-state index is 0.0816. The number of rotatable bonds is 9. The minimum atomic E-state index is -0.372. The van der Waals surface area contributed by atoms with Gasteiger partial charge >= 0.3 is 5.69 Å². The van der Waals surface area contributed by atoms with Crippen LogP contribution in [-0.2, 0) is 18.2 Å². The van der Waals surface area contributed by atoms with Crippen LogP contribution >= 0.6 is 0 Å². The van der Waals surface area contributed by atoms with Gasteiger partial charge in [-0.2, -0.15) is 5.10 Å². The molecule has 0 aliphatic rings. The van der Waals surface area contributed by atoms with Gasteiger partial charge in [0.05, 0.1) is 4.92 Å². The maximum Gasteiger partial charge on any atom is 0.333 e. The first-order chi connectivity index (χ1) is 9.47. The van der Waals surface area contributed by atoms with E-state index in [9.17, 15) is 10.1 Å². The lowest BCUT2D eigenvalue weighted by Crippen LogP contribution is -2.11. The molecule has 0 aromatic carbocycles. The Morgan fingerprint density at radius 1 is 1.50 bits per heavy atom. The third kappa shape index (κ3) is 4.48. The molecule has 7 heteroatoms. The highest BCUT2D eigenvalue weighted by atomic mass is 16.6. The molecule has 1 rings (SSSR count). The van der Waals surface area contributed by atoms with Gasteiger partial charge in [-0.15, -0.1) is 0 Å². The maximum atomic E-state index is 11.1. The van der Waals surface area contributed by atoms with Crippen LogP contribution in [0.1, 0.15) is 32.9 Å². The summed E-state index contributed by atoms with van der Waals surface area (Å²) in [5, 5.41) is 18.4. The first kappa shape index (κ1) is 16.4. The summed E-state index contributed by atoms with van der Waals surface area (Å²) in [4.78, 5) is 10.7. The predicted octanol–water partition coefficient (Wildman–Crippen LogP) is 2.37. The molecule has 0 aliphatic carbocycles. The Labute approximate surface area is 119 Å². The smallest absolute Gasteiger partial charge is 0.333 e. The molecule has 0 radical (unpaired) electrons. The second kappa shape index (κ2) is 7.84. The van der Waals surface area contributed by atoms with E-state index < -0.39 is 0 Å². The Morgan fingerprint density at radius 3 is 2.75 bits per heavy atom. The van der Waals surface area contributed by atoms with E-state index in [4.69, 9.17) is 4.74 Å². The standard InChI is InChI=1S/C13H24N4O3/c1-5-11-12(17(18)19)13(16(4)15-11)14-7-6-8-20-9-10(2)3/h10,14H,5-9H2,1-4H3. The number of hydrogen-bond acceptors (Lipinski definition) is 5. The van der Waals surface area contributed by atoms with Crippen LogP contribution in [0.15, 0.2) is 0 Å². The number of nitrogens with zero attached hydrogens (tertiary/aromatic N) is 3. The van der Waals surface area contributed by atoms with Crippen molar-refractivity contribution < 1.29 is 9.66 Å². The zero-order chi connectivity index (χ0) is 15.1. The molecular weight excluding hydrogens is 260 g/mol. The largest absolute Gasteiger partial charge is 0.381 e. The van der Waals surface area contributed by atoms with Gasteiger partial charge in [-0.25, -0.2) is 4.68 Å². The van der Waals surface area contributed by atoms with E-state index in [0.717, 1.165) is 13.0 Å². The lowest BCUT2D eigenvalue weighted by molar-refractivity contribution is -0.384. The van der Waals surface area contributed by atoms with E-state index in [1.807, 2.05) is 6.92 Å². The second-order valence-electron chi connectivity index (χ2n) is 5.13. The van der Waals surface area contributed by atoms with Crippen LogP contribution in [0.2, 0.25) is 0 Å². The highest BCUT2D eigenvalue weighted by Crippen LogP contribution is 2.28. The number of nitrogens with one attached hydrogen (secondary N) is 1. The molecule has 0 saturated carbocycles. The second-order valence-corrected chi connectivity index (χ2v) is 5.13. The molecule has 0 unspecified atom stereocenters. The average molecular weight is 284 g/mol. The van der Waals surface area contributed by atoms with E-state index in [1.165, 1.54) is 4.68 Å². The summed E-state index contributed by atoms with van der Waals surface area (Å²) in [6.45, 7) is 8.08. The third-order valence-electron chi connectivity index (χ3n) is 2.82. The summed E-state index contributed by atoms with van der Waals surface area (Å²) >= 11 is 0. The van der Waals surface area contributed by atoms with Gasteiger partial charge in [0.2, 0.25) is 5.82 Å². The average Bonchev–Trinajstić information content (AvgIpc) is 2.70. The van der Waals surface area contributed by atoms with Crippen LogP contribution in [0.5, 0.6) is 0 Å². The molecule has 0 fully saturated rings. The van der Waals surface area contributed by atoms with Crippen LogP contribution in [0, 0.1) is 16.0 Å². The number of hydrogen-bond donors (Lipinski definition) is 1. The Bertz CT molecular complexity index is 443. The van der Waals surface area contributed by atoms with Crippen LogP contribution in [0.25, 0.3) is 0 Å². The molecule has 1 heterocycles. The van der Waals surface area contributed by atoms with E-state index >= 15 is 0 Å². The van der Waals surface area contributed by atoms with Crippen molar-refractivity contribution in [3.05, 3.63) is 15.8 Å². The van der Waals surface area contributed by atoms with Crippen molar-refractivity contribution in [3.63, 3.8) is 0 Å². The van der Waals surface area contributed by atoms with Crippen LogP contribution < -0.4 is 5.32 Å². The fraction of sp³-hybridized carbons (Fsp3) is 0.769. The van der Waals surface area contributed by atoms with E-state index in [-0.39, 0.29) is 10.6 Å². The number of aryl methyl sites for hydroxylation is 2. The normalized spacial score (nSPS) is 11.1. The summed E-state index contributed by atoms with van der Waals surface area (Å²) in [5.74, 6) is 0.990. The van der Waals surface area contributed by atoms with Crippen molar-refractivity contribution >= 4 is 11.5 Å².